The number of anilines is 1. The van der Waals surface area contributed by atoms with E-state index in [1.54, 1.807) is 0 Å². The van der Waals surface area contributed by atoms with E-state index < -0.39 is 0 Å². The lowest BCUT2D eigenvalue weighted by Crippen LogP contribution is -2.11. The van der Waals surface area contributed by atoms with Crippen molar-refractivity contribution < 1.29 is 4.42 Å². The monoisotopic (exact) mass is 447 g/mol. The van der Waals surface area contributed by atoms with Crippen LogP contribution in [-0.4, -0.2) is 4.98 Å². The minimum atomic E-state index is 0.102. The highest BCUT2D eigenvalue weighted by atomic mass is 16.3. The van der Waals surface area contributed by atoms with Crippen molar-refractivity contribution >= 4 is 27.7 Å². The molecule has 4 nitrogen and oxygen atoms in total. The summed E-state index contributed by atoms with van der Waals surface area (Å²) in [7, 11) is 0. The number of fused-ring (bicyclic) bond motifs is 2. The summed E-state index contributed by atoms with van der Waals surface area (Å²) in [5.41, 5.74) is 9.62. The van der Waals surface area contributed by atoms with Crippen LogP contribution in [0.15, 0.2) is 88.4 Å². The maximum absolute atomic E-state index is 6.38. The van der Waals surface area contributed by atoms with Gasteiger partial charge in [-0.05, 0) is 60.2 Å². The van der Waals surface area contributed by atoms with Crippen LogP contribution in [0.1, 0.15) is 37.5 Å². The Morgan fingerprint density at radius 2 is 1.62 bits per heavy atom. The van der Waals surface area contributed by atoms with Gasteiger partial charge in [0.05, 0.1) is 10.9 Å². The summed E-state index contributed by atoms with van der Waals surface area (Å²) in [4.78, 5) is 4.69. The predicted molar refractivity (Wildman–Crippen MR) is 141 cm³/mol. The Kier molecular flexibility index (Phi) is 5.45. The first-order valence-corrected chi connectivity index (χ1v) is 11.6. The van der Waals surface area contributed by atoms with Crippen molar-refractivity contribution in [2.45, 2.75) is 40.0 Å². The second kappa shape index (κ2) is 8.45. The van der Waals surface area contributed by atoms with Crippen molar-refractivity contribution in [3.63, 3.8) is 0 Å². The average molecular weight is 448 g/mol. The van der Waals surface area contributed by atoms with Gasteiger partial charge in [-0.25, -0.2) is 4.98 Å². The van der Waals surface area contributed by atoms with Gasteiger partial charge in [0.15, 0.2) is 0 Å². The Morgan fingerprint density at radius 3 is 2.38 bits per heavy atom. The zero-order chi connectivity index (χ0) is 23.9. The molecule has 0 atom stereocenters. The third-order valence-corrected chi connectivity index (χ3v) is 6.11. The van der Waals surface area contributed by atoms with Crippen LogP contribution in [-0.2, 0) is 5.41 Å². The summed E-state index contributed by atoms with van der Waals surface area (Å²) in [6.07, 6.45) is 0. The van der Waals surface area contributed by atoms with Gasteiger partial charge in [0.1, 0.15) is 17.2 Å². The number of para-hydroxylation sites is 1. The molecule has 0 unspecified atom stereocenters. The Balaban J connectivity index is 1.63. The molecule has 3 aromatic carbocycles. The van der Waals surface area contributed by atoms with Crippen molar-refractivity contribution in [2.24, 2.45) is 5.10 Å². The van der Waals surface area contributed by atoms with Crippen molar-refractivity contribution in [3.05, 3.63) is 101 Å². The minimum absolute atomic E-state index is 0.102. The second-order valence-corrected chi connectivity index (χ2v) is 9.89. The Morgan fingerprint density at radius 1 is 0.853 bits per heavy atom. The van der Waals surface area contributed by atoms with E-state index in [1.165, 1.54) is 5.56 Å². The van der Waals surface area contributed by atoms with Crippen molar-refractivity contribution in [1.82, 2.24) is 4.98 Å². The van der Waals surface area contributed by atoms with E-state index in [9.17, 15) is 0 Å². The number of nitrogens with one attached hydrogen (secondary N) is 1. The molecule has 0 radical (unpaired) electrons. The summed E-state index contributed by atoms with van der Waals surface area (Å²) in [6, 6.07) is 26.9. The molecule has 5 aromatic rings. The molecule has 0 aliphatic heterocycles. The largest absolute Gasteiger partial charge is 0.456 e. The first-order valence-electron chi connectivity index (χ1n) is 11.6. The SMILES string of the molecule is Cc1cc(C)c2/c(=N/Nc3ccc4ccccc4n3)cc(-c3ccc(C(C)(C)C)cc3)oc2c1. The van der Waals surface area contributed by atoms with Crippen LogP contribution >= 0.6 is 0 Å². The third-order valence-electron chi connectivity index (χ3n) is 6.11. The number of aromatic nitrogens is 1. The summed E-state index contributed by atoms with van der Waals surface area (Å²) in [5, 5.41) is 7.69. The topological polar surface area (TPSA) is 50.4 Å². The molecule has 4 heteroatoms. The summed E-state index contributed by atoms with van der Waals surface area (Å²) < 4.78 is 6.38. The predicted octanol–water partition coefficient (Wildman–Crippen LogP) is 7.49. The number of hydrogen-bond acceptors (Lipinski definition) is 4. The highest BCUT2D eigenvalue weighted by Gasteiger charge is 2.14. The quantitative estimate of drug-likeness (QED) is 0.292. The molecule has 0 aliphatic rings. The third kappa shape index (κ3) is 4.32. The molecule has 0 aliphatic carbocycles. The average Bonchev–Trinajstić information content (AvgIpc) is 2.81. The van der Waals surface area contributed by atoms with Gasteiger partial charge < -0.3 is 4.42 Å². The molecule has 0 saturated heterocycles. The van der Waals surface area contributed by atoms with E-state index in [-0.39, 0.29) is 5.41 Å². The zero-order valence-corrected chi connectivity index (χ0v) is 20.3. The van der Waals surface area contributed by atoms with E-state index in [2.05, 4.69) is 88.6 Å². The molecular formula is C30H29N3O. The van der Waals surface area contributed by atoms with Crippen LogP contribution in [0.25, 0.3) is 33.2 Å². The lowest BCUT2D eigenvalue weighted by atomic mass is 9.86. The Bertz CT molecular complexity index is 1570. The van der Waals surface area contributed by atoms with E-state index in [0.29, 0.717) is 5.82 Å². The zero-order valence-electron chi connectivity index (χ0n) is 20.3. The normalized spacial score (nSPS) is 12.4. The van der Waals surface area contributed by atoms with E-state index in [1.807, 2.05) is 30.3 Å². The lowest BCUT2D eigenvalue weighted by Gasteiger charge is -2.19. The standard InChI is InChI=1S/C30H29N3O/c1-19-16-20(2)29-25(32-33-28-15-12-21-8-6-7-9-24(21)31-28)18-26(34-27(29)17-19)22-10-13-23(14-11-22)30(3,4)5/h6-18H,1-5H3,(H,31,33)/b32-25+. The molecule has 0 amide bonds. The molecule has 2 heterocycles. The molecule has 0 bridgehead atoms. The number of nitrogens with zero attached hydrogens (tertiary/aromatic N) is 2. The first kappa shape index (κ1) is 21.9. The molecular weight excluding hydrogens is 418 g/mol. The molecule has 0 fully saturated rings. The fourth-order valence-corrected chi connectivity index (χ4v) is 4.29. The summed E-state index contributed by atoms with van der Waals surface area (Å²) in [5.74, 6) is 1.48. The molecule has 34 heavy (non-hydrogen) atoms. The molecule has 0 spiro atoms. The summed E-state index contributed by atoms with van der Waals surface area (Å²) in [6.45, 7) is 10.8. The Labute approximate surface area is 200 Å². The smallest absolute Gasteiger partial charge is 0.146 e. The highest BCUT2D eigenvalue weighted by molar-refractivity contribution is 5.83. The number of benzene rings is 3. The number of aryl methyl sites for hydroxylation is 2. The van der Waals surface area contributed by atoms with Crippen LogP contribution in [0, 0.1) is 13.8 Å². The maximum Gasteiger partial charge on any atom is 0.146 e. The maximum atomic E-state index is 6.38. The van der Waals surface area contributed by atoms with Crippen molar-refractivity contribution in [1.29, 1.82) is 0 Å². The van der Waals surface area contributed by atoms with Crippen molar-refractivity contribution in [2.75, 3.05) is 5.43 Å². The van der Waals surface area contributed by atoms with E-state index in [0.717, 1.165) is 49.7 Å². The van der Waals surface area contributed by atoms with Gasteiger partial charge in [-0.1, -0.05) is 69.3 Å². The number of pyridine rings is 1. The van der Waals surface area contributed by atoms with Crippen LogP contribution in [0.3, 0.4) is 0 Å². The van der Waals surface area contributed by atoms with Gasteiger partial charge in [0.25, 0.3) is 0 Å². The molecule has 0 saturated carbocycles. The van der Waals surface area contributed by atoms with Gasteiger partial charge in [0.2, 0.25) is 0 Å². The number of hydrogen-bond donors (Lipinski definition) is 1. The van der Waals surface area contributed by atoms with Gasteiger partial charge >= 0.3 is 0 Å². The Hall–Kier alpha value is -3.92. The molecule has 1 N–H and O–H groups in total. The van der Waals surface area contributed by atoms with Crippen LogP contribution in [0.2, 0.25) is 0 Å². The summed E-state index contributed by atoms with van der Waals surface area (Å²) >= 11 is 0. The second-order valence-electron chi connectivity index (χ2n) is 9.89. The fourth-order valence-electron chi connectivity index (χ4n) is 4.29. The fraction of sp³-hybridized carbons (Fsp3) is 0.200. The van der Waals surface area contributed by atoms with Crippen LogP contribution < -0.4 is 10.8 Å². The van der Waals surface area contributed by atoms with Crippen LogP contribution in [0.5, 0.6) is 0 Å². The van der Waals surface area contributed by atoms with Gasteiger partial charge in [-0.15, -0.1) is 0 Å². The molecule has 170 valence electrons. The van der Waals surface area contributed by atoms with Gasteiger partial charge in [0, 0.05) is 22.4 Å². The minimum Gasteiger partial charge on any atom is -0.456 e. The molecule has 2 aromatic heterocycles. The van der Waals surface area contributed by atoms with E-state index >= 15 is 0 Å². The van der Waals surface area contributed by atoms with E-state index in [4.69, 9.17) is 14.5 Å². The molecule has 5 rings (SSSR count). The lowest BCUT2D eigenvalue weighted by molar-refractivity contribution is 0.589. The highest BCUT2D eigenvalue weighted by Crippen LogP contribution is 2.28. The number of rotatable bonds is 3. The van der Waals surface area contributed by atoms with Gasteiger partial charge in [-0.2, -0.15) is 5.10 Å². The first-order chi connectivity index (χ1) is 16.3. The van der Waals surface area contributed by atoms with Crippen LogP contribution in [0.4, 0.5) is 5.82 Å². The van der Waals surface area contributed by atoms with Crippen molar-refractivity contribution in [3.8, 4) is 11.3 Å². The van der Waals surface area contributed by atoms with Gasteiger partial charge in [-0.3, -0.25) is 5.43 Å².